The van der Waals surface area contributed by atoms with Crippen molar-refractivity contribution in [2.45, 2.75) is 72.4 Å². The predicted molar refractivity (Wildman–Crippen MR) is 73.7 cm³/mol. The summed E-state index contributed by atoms with van der Waals surface area (Å²) in [4.78, 5) is 2.60. The summed E-state index contributed by atoms with van der Waals surface area (Å²) in [5.41, 5.74) is 6.17. The third-order valence-corrected chi connectivity index (χ3v) is 3.19. The Morgan fingerprint density at radius 3 is 1.94 bits per heavy atom. The Labute approximate surface area is 103 Å². The van der Waals surface area contributed by atoms with E-state index in [9.17, 15) is 0 Å². The molecule has 0 radical (unpaired) electrons. The van der Waals surface area contributed by atoms with Gasteiger partial charge in [0.2, 0.25) is 0 Å². The van der Waals surface area contributed by atoms with Crippen LogP contribution in [0.15, 0.2) is 0 Å². The van der Waals surface area contributed by atoms with Crippen LogP contribution in [0, 0.1) is 5.92 Å². The summed E-state index contributed by atoms with van der Waals surface area (Å²) in [7, 11) is 0. The number of rotatable bonds is 9. The summed E-state index contributed by atoms with van der Waals surface area (Å²) < 4.78 is 0. The lowest BCUT2D eigenvalue weighted by Gasteiger charge is -2.33. The van der Waals surface area contributed by atoms with Crippen LogP contribution in [0.2, 0.25) is 0 Å². The van der Waals surface area contributed by atoms with Crippen LogP contribution < -0.4 is 5.73 Å². The van der Waals surface area contributed by atoms with Crippen LogP contribution in [0.4, 0.5) is 0 Å². The minimum atomic E-state index is 0.351. The molecule has 1 atom stereocenters. The lowest BCUT2D eigenvalue weighted by Crippen LogP contribution is -2.44. The van der Waals surface area contributed by atoms with Crippen molar-refractivity contribution >= 4 is 0 Å². The van der Waals surface area contributed by atoms with Gasteiger partial charge in [-0.3, -0.25) is 4.90 Å². The number of hydrogen-bond donors (Lipinski definition) is 1. The van der Waals surface area contributed by atoms with Gasteiger partial charge in [-0.2, -0.15) is 0 Å². The standard InChI is InChI=1S/C14H32N2/c1-6-9-13(15)11-16(10-12(4)5)14(7-2)8-3/h12-14H,6-11,15H2,1-5H3. The van der Waals surface area contributed by atoms with Crippen LogP contribution in [0.5, 0.6) is 0 Å². The Bertz CT molecular complexity index is 153. The van der Waals surface area contributed by atoms with Crippen molar-refractivity contribution in [3.8, 4) is 0 Å². The second kappa shape index (κ2) is 9.00. The van der Waals surface area contributed by atoms with Crippen molar-refractivity contribution < 1.29 is 0 Å². The fourth-order valence-corrected chi connectivity index (χ4v) is 2.41. The smallest absolute Gasteiger partial charge is 0.0167 e. The fraction of sp³-hybridized carbons (Fsp3) is 1.00. The van der Waals surface area contributed by atoms with E-state index in [1.807, 2.05) is 0 Å². The summed E-state index contributed by atoms with van der Waals surface area (Å²) >= 11 is 0. The SMILES string of the molecule is CCCC(N)CN(CC(C)C)C(CC)CC. The first kappa shape index (κ1) is 15.9. The summed E-state index contributed by atoms with van der Waals surface area (Å²) in [5.74, 6) is 0.731. The lowest BCUT2D eigenvalue weighted by molar-refractivity contribution is 0.154. The van der Waals surface area contributed by atoms with Crippen LogP contribution in [0.25, 0.3) is 0 Å². The van der Waals surface area contributed by atoms with E-state index in [4.69, 9.17) is 5.73 Å². The van der Waals surface area contributed by atoms with E-state index in [-0.39, 0.29) is 0 Å². The van der Waals surface area contributed by atoms with Gasteiger partial charge in [-0.1, -0.05) is 41.0 Å². The van der Waals surface area contributed by atoms with Crippen LogP contribution in [0.1, 0.15) is 60.3 Å². The summed E-state index contributed by atoms with van der Waals surface area (Å²) in [6, 6.07) is 1.06. The van der Waals surface area contributed by atoms with Crippen LogP contribution >= 0.6 is 0 Å². The van der Waals surface area contributed by atoms with Crippen molar-refractivity contribution in [2.24, 2.45) is 11.7 Å². The summed E-state index contributed by atoms with van der Waals surface area (Å²) in [6.45, 7) is 13.6. The molecule has 0 aliphatic rings. The van der Waals surface area contributed by atoms with Gasteiger partial charge in [0.25, 0.3) is 0 Å². The molecule has 0 aliphatic carbocycles. The maximum Gasteiger partial charge on any atom is 0.0167 e. The molecule has 98 valence electrons. The van der Waals surface area contributed by atoms with Gasteiger partial charge < -0.3 is 5.73 Å². The predicted octanol–water partition coefficient (Wildman–Crippen LogP) is 3.26. The van der Waals surface area contributed by atoms with Crippen molar-refractivity contribution in [1.82, 2.24) is 4.90 Å². The molecule has 2 heteroatoms. The zero-order valence-electron chi connectivity index (χ0n) is 12.0. The molecule has 2 N–H and O–H groups in total. The molecular weight excluding hydrogens is 196 g/mol. The highest BCUT2D eigenvalue weighted by Crippen LogP contribution is 2.12. The number of hydrogen-bond acceptors (Lipinski definition) is 2. The Morgan fingerprint density at radius 2 is 1.56 bits per heavy atom. The number of nitrogens with two attached hydrogens (primary N) is 1. The maximum absolute atomic E-state index is 6.17. The Balaban J connectivity index is 4.28. The highest BCUT2D eigenvalue weighted by Gasteiger charge is 2.18. The van der Waals surface area contributed by atoms with Gasteiger partial charge in [0.15, 0.2) is 0 Å². The molecule has 0 aliphatic heterocycles. The third kappa shape index (κ3) is 6.49. The molecule has 0 saturated carbocycles. The van der Waals surface area contributed by atoms with Crippen molar-refractivity contribution in [3.05, 3.63) is 0 Å². The van der Waals surface area contributed by atoms with E-state index in [1.165, 1.54) is 25.8 Å². The maximum atomic E-state index is 6.17. The highest BCUT2D eigenvalue weighted by atomic mass is 15.2. The molecule has 0 bridgehead atoms. The summed E-state index contributed by atoms with van der Waals surface area (Å²) in [6.07, 6.45) is 4.82. The molecule has 0 amide bonds. The first-order chi connectivity index (χ1) is 7.54. The van der Waals surface area contributed by atoms with Crippen molar-refractivity contribution in [1.29, 1.82) is 0 Å². The first-order valence-electron chi connectivity index (χ1n) is 7.04. The van der Waals surface area contributed by atoms with Crippen LogP contribution in [-0.2, 0) is 0 Å². The number of nitrogens with zero attached hydrogens (tertiary/aromatic N) is 1. The van der Waals surface area contributed by atoms with Crippen LogP contribution in [-0.4, -0.2) is 30.1 Å². The summed E-state index contributed by atoms with van der Waals surface area (Å²) in [5, 5.41) is 0. The van der Waals surface area contributed by atoms with Crippen molar-refractivity contribution in [2.75, 3.05) is 13.1 Å². The first-order valence-corrected chi connectivity index (χ1v) is 7.04. The van der Waals surface area contributed by atoms with Crippen molar-refractivity contribution in [3.63, 3.8) is 0 Å². The molecule has 0 saturated heterocycles. The van der Waals surface area contributed by atoms with Crippen LogP contribution in [0.3, 0.4) is 0 Å². The van der Waals surface area contributed by atoms with E-state index >= 15 is 0 Å². The second-order valence-electron chi connectivity index (χ2n) is 5.37. The average Bonchev–Trinajstić information content (AvgIpc) is 2.18. The van der Waals surface area contributed by atoms with E-state index in [0.29, 0.717) is 12.1 Å². The minimum Gasteiger partial charge on any atom is -0.327 e. The molecule has 0 spiro atoms. The topological polar surface area (TPSA) is 29.3 Å². The lowest BCUT2D eigenvalue weighted by atomic mass is 10.1. The van der Waals surface area contributed by atoms with E-state index in [1.54, 1.807) is 0 Å². The van der Waals surface area contributed by atoms with E-state index in [2.05, 4.69) is 39.5 Å². The molecule has 0 aromatic carbocycles. The quantitative estimate of drug-likeness (QED) is 0.656. The molecule has 0 rings (SSSR count). The minimum absolute atomic E-state index is 0.351. The monoisotopic (exact) mass is 228 g/mol. The van der Waals surface area contributed by atoms with Gasteiger partial charge >= 0.3 is 0 Å². The second-order valence-corrected chi connectivity index (χ2v) is 5.37. The van der Waals surface area contributed by atoms with E-state index < -0.39 is 0 Å². The third-order valence-electron chi connectivity index (χ3n) is 3.19. The zero-order valence-corrected chi connectivity index (χ0v) is 12.0. The molecule has 0 aromatic rings. The Kier molecular flexibility index (Phi) is 8.96. The Hall–Kier alpha value is -0.0800. The van der Waals surface area contributed by atoms with Gasteiger partial charge in [0, 0.05) is 25.2 Å². The molecule has 0 heterocycles. The van der Waals surface area contributed by atoms with Gasteiger partial charge in [0.05, 0.1) is 0 Å². The molecule has 0 fully saturated rings. The van der Waals surface area contributed by atoms with Gasteiger partial charge in [-0.05, 0) is 25.2 Å². The average molecular weight is 228 g/mol. The van der Waals surface area contributed by atoms with Gasteiger partial charge in [-0.15, -0.1) is 0 Å². The highest BCUT2D eigenvalue weighted by molar-refractivity contribution is 4.75. The fourth-order valence-electron chi connectivity index (χ4n) is 2.41. The van der Waals surface area contributed by atoms with Gasteiger partial charge in [0.1, 0.15) is 0 Å². The normalized spacial score (nSPS) is 14.1. The largest absolute Gasteiger partial charge is 0.327 e. The Morgan fingerprint density at radius 1 is 1.00 bits per heavy atom. The van der Waals surface area contributed by atoms with Gasteiger partial charge in [-0.25, -0.2) is 0 Å². The molecule has 2 nitrogen and oxygen atoms in total. The molecule has 16 heavy (non-hydrogen) atoms. The molecule has 0 aromatic heterocycles. The van der Waals surface area contributed by atoms with E-state index in [0.717, 1.165) is 18.9 Å². The molecule has 1 unspecified atom stereocenters. The zero-order chi connectivity index (χ0) is 12.6. The molecular formula is C14H32N2.